The fraction of sp³-hybridized carbons (Fsp3) is 0.188. The summed E-state index contributed by atoms with van der Waals surface area (Å²) in [7, 11) is 0. The number of halogens is 1. The van der Waals surface area contributed by atoms with Crippen molar-refractivity contribution in [3.8, 4) is 0 Å². The Balaban J connectivity index is 1.76. The molecule has 3 rings (SSSR count). The van der Waals surface area contributed by atoms with E-state index in [1.165, 1.54) is 11.1 Å². The molecule has 0 radical (unpaired) electrons. The van der Waals surface area contributed by atoms with Crippen LogP contribution in [0, 0.1) is 6.92 Å². The second-order valence-corrected chi connectivity index (χ2v) is 5.67. The van der Waals surface area contributed by atoms with Crippen LogP contribution in [0.1, 0.15) is 29.2 Å². The van der Waals surface area contributed by atoms with Gasteiger partial charge in [-0.2, -0.15) is 0 Å². The molecule has 0 unspecified atom stereocenters. The first-order chi connectivity index (χ1) is 9.22. The van der Waals surface area contributed by atoms with Crippen LogP contribution in [-0.2, 0) is 4.84 Å². The molecule has 1 heterocycles. The average Bonchev–Trinajstić information content (AvgIpc) is 2.90. The first-order valence-electron chi connectivity index (χ1n) is 6.27. The summed E-state index contributed by atoms with van der Waals surface area (Å²) < 4.78 is 1.07. The van der Waals surface area contributed by atoms with E-state index in [-0.39, 0.29) is 6.10 Å². The summed E-state index contributed by atoms with van der Waals surface area (Å²) in [6.45, 7) is 2.09. The van der Waals surface area contributed by atoms with E-state index in [1.54, 1.807) is 0 Å². The Morgan fingerprint density at radius 3 is 2.42 bits per heavy atom. The lowest BCUT2D eigenvalue weighted by Gasteiger charge is -2.08. The van der Waals surface area contributed by atoms with Crippen LogP contribution in [0.3, 0.4) is 0 Å². The van der Waals surface area contributed by atoms with Gasteiger partial charge in [0.15, 0.2) is 6.10 Å². The second-order valence-electron chi connectivity index (χ2n) is 4.75. The summed E-state index contributed by atoms with van der Waals surface area (Å²) in [4.78, 5) is 5.55. The van der Waals surface area contributed by atoms with Gasteiger partial charge in [-0.3, -0.25) is 0 Å². The normalized spacial score (nSPS) is 18.0. The highest BCUT2D eigenvalue weighted by atomic mass is 79.9. The largest absolute Gasteiger partial charge is 0.387 e. The zero-order valence-corrected chi connectivity index (χ0v) is 12.2. The van der Waals surface area contributed by atoms with Gasteiger partial charge < -0.3 is 4.84 Å². The Bertz CT molecular complexity index is 602. The predicted octanol–water partition coefficient (Wildman–Crippen LogP) is 4.62. The monoisotopic (exact) mass is 315 g/mol. The maximum absolute atomic E-state index is 5.55. The van der Waals surface area contributed by atoms with Crippen molar-refractivity contribution in [2.24, 2.45) is 5.16 Å². The lowest BCUT2D eigenvalue weighted by Crippen LogP contribution is -2.01. The standard InChI is InChI=1S/C16H14BrNO/c1-11-2-4-13(5-3-11)16-10-15(18-19-16)12-6-8-14(17)9-7-12/h2-9,16H,10H2,1H3/t16-/m0/s1. The third-order valence-corrected chi connectivity index (χ3v) is 3.82. The molecule has 3 heteroatoms. The van der Waals surface area contributed by atoms with Gasteiger partial charge in [0.25, 0.3) is 0 Å². The molecule has 0 aromatic heterocycles. The predicted molar refractivity (Wildman–Crippen MR) is 80.3 cm³/mol. The van der Waals surface area contributed by atoms with E-state index in [0.29, 0.717) is 0 Å². The molecule has 2 aromatic carbocycles. The Hall–Kier alpha value is -1.61. The fourth-order valence-corrected chi connectivity index (χ4v) is 2.41. The van der Waals surface area contributed by atoms with Gasteiger partial charge in [-0.1, -0.05) is 63.0 Å². The summed E-state index contributed by atoms with van der Waals surface area (Å²) in [6, 6.07) is 16.6. The first kappa shape index (κ1) is 12.4. The van der Waals surface area contributed by atoms with Crippen molar-refractivity contribution in [1.82, 2.24) is 0 Å². The van der Waals surface area contributed by atoms with Crippen LogP contribution >= 0.6 is 15.9 Å². The minimum Gasteiger partial charge on any atom is -0.387 e. The number of hydrogen-bond acceptors (Lipinski definition) is 2. The van der Waals surface area contributed by atoms with E-state index < -0.39 is 0 Å². The van der Waals surface area contributed by atoms with E-state index in [2.05, 4.69) is 64.4 Å². The van der Waals surface area contributed by atoms with Gasteiger partial charge in [0.05, 0.1) is 5.71 Å². The van der Waals surface area contributed by atoms with E-state index in [9.17, 15) is 0 Å². The van der Waals surface area contributed by atoms with E-state index in [1.807, 2.05) is 12.1 Å². The summed E-state index contributed by atoms with van der Waals surface area (Å²) >= 11 is 3.44. The Kier molecular flexibility index (Phi) is 3.38. The molecule has 0 aliphatic carbocycles. The lowest BCUT2D eigenvalue weighted by atomic mass is 10.00. The van der Waals surface area contributed by atoms with Crippen molar-refractivity contribution < 1.29 is 4.84 Å². The lowest BCUT2D eigenvalue weighted by molar-refractivity contribution is 0.0857. The summed E-state index contributed by atoms with van der Waals surface area (Å²) in [6.07, 6.45) is 0.865. The molecule has 0 saturated carbocycles. The van der Waals surface area contributed by atoms with Gasteiger partial charge in [0.1, 0.15) is 0 Å². The molecule has 19 heavy (non-hydrogen) atoms. The molecule has 1 atom stereocenters. The second kappa shape index (κ2) is 5.17. The molecular formula is C16H14BrNO. The maximum atomic E-state index is 5.55. The average molecular weight is 316 g/mol. The third kappa shape index (κ3) is 2.71. The first-order valence-corrected chi connectivity index (χ1v) is 7.07. The van der Waals surface area contributed by atoms with Crippen LogP contribution < -0.4 is 0 Å². The minimum atomic E-state index is 0.0410. The van der Waals surface area contributed by atoms with Gasteiger partial charge in [-0.15, -0.1) is 0 Å². The Morgan fingerprint density at radius 2 is 1.74 bits per heavy atom. The van der Waals surface area contributed by atoms with Crippen LogP contribution in [0.25, 0.3) is 0 Å². The summed E-state index contributed by atoms with van der Waals surface area (Å²) in [5.74, 6) is 0. The highest BCUT2D eigenvalue weighted by molar-refractivity contribution is 9.10. The van der Waals surface area contributed by atoms with Crippen LogP contribution in [-0.4, -0.2) is 5.71 Å². The SMILES string of the molecule is Cc1ccc([C@@H]2CC(c3ccc(Br)cc3)=NO2)cc1. The van der Waals surface area contributed by atoms with Crippen molar-refractivity contribution in [2.45, 2.75) is 19.4 Å². The van der Waals surface area contributed by atoms with Gasteiger partial charge in [-0.05, 0) is 30.2 Å². The Morgan fingerprint density at radius 1 is 1.05 bits per heavy atom. The van der Waals surface area contributed by atoms with Gasteiger partial charge in [0.2, 0.25) is 0 Å². The summed E-state index contributed by atoms with van der Waals surface area (Å²) in [5.41, 5.74) is 4.58. The van der Waals surface area contributed by atoms with Crippen LogP contribution in [0.15, 0.2) is 58.2 Å². The molecule has 0 N–H and O–H groups in total. The van der Waals surface area contributed by atoms with E-state index in [4.69, 9.17) is 4.84 Å². The molecule has 0 bridgehead atoms. The molecule has 2 nitrogen and oxygen atoms in total. The number of aryl methyl sites for hydroxylation is 1. The zero-order valence-electron chi connectivity index (χ0n) is 10.6. The summed E-state index contributed by atoms with van der Waals surface area (Å²) in [5, 5.41) is 4.22. The van der Waals surface area contributed by atoms with Gasteiger partial charge in [-0.25, -0.2) is 0 Å². The Labute approximate surface area is 121 Å². The highest BCUT2D eigenvalue weighted by Crippen LogP contribution is 2.29. The third-order valence-electron chi connectivity index (χ3n) is 3.30. The van der Waals surface area contributed by atoms with Gasteiger partial charge >= 0.3 is 0 Å². The number of hydrogen-bond donors (Lipinski definition) is 0. The molecule has 0 saturated heterocycles. The molecule has 0 amide bonds. The van der Waals surface area contributed by atoms with Crippen molar-refractivity contribution in [3.05, 3.63) is 69.7 Å². The molecular weight excluding hydrogens is 302 g/mol. The fourth-order valence-electron chi connectivity index (χ4n) is 2.15. The molecule has 1 aliphatic rings. The van der Waals surface area contributed by atoms with Crippen LogP contribution in [0.5, 0.6) is 0 Å². The number of oxime groups is 1. The topological polar surface area (TPSA) is 21.6 Å². The van der Waals surface area contributed by atoms with Gasteiger partial charge in [0, 0.05) is 10.9 Å². The maximum Gasteiger partial charge on any atom is 0.158 e. The van der Waals surface area contributed by atoms with Crippen molar-refractivity contribution >= 4 is 21.6 Å². The quantitative estimate of drug-likeness (QED) is 0.792. The molecule has 96 valence electrons. The molecule has 2 aromatic rings. The highest BCUT2D eigenvalue weighted by Gasteiger charge is 2.23. The van der Waals surface area contributed by atoms with Crippen LogP contribution in [0.2, 0.25) is 0 Å². The molecule has 0 spiro atoms. The van der Waals surface area contributed by atoms with E-state index >= 15 is 0 Å². The zero-order chi connectivity index (χ0) is 13.2. The minimum absolute atomic E-state index is 0.0410. The molecule has 0 fully saturated rings. The molecule has 1 aliphatic heterocycles. The number of nitrogens with zero attached hydrogens (tertiary/aromatic N) is 1. The van der Waals surface area contributed by atoms with Crippen molar-refractivity contribution in [2.75, 3.05) is 0 Å². The van der Waals surface area contributed by atoms with Crippen molar-refractivity contribution in [1.29, 1.82) is 0 Å². The van der Waals surface area contributed by atoms with Crippen molar-refractivity contribution in [3.63, 3.8) is 0 Å². The van der Waals surface area contributed by atoms with Crippen LogP contribution in [0.4, 0.5) is 0 Å². The number of benzene rings is 2. The smallest absolute Gasteiger partial charge is 0.158 e. The number of rotatable bonds is 2. The van der Waals surface area contributed by atoms with E-state index in [0.717, 1.165) is 22.2 Å².